The van der Waals surface area contributed by atoms with Crippen molar-refractivity contribution in [2.45, 2.75) is 20.0 Å². The Bertz CT molecular complexity index is 573. The molecule has 0 aliphatic heterocycles. The van der Waals surface area contributed by atoms with E-state index in [0.29, 0.717) is 18.7 Å². The van der Waals surface area contributed by atoms with Crippen LogP contribution in [0.5, 0.6) is 5.75 Å². The van der Waals surface area contributed by atoms with Gasteiger partial charge < -0.3 is 10.4 Å². The maximum Gasteiger partial charge on any atom is 0.187 e. The summed E-state index contributed by atoms with van der Waals surface area (Å²) in [6, 6.07) is 2.23. The number of phenols is 1. The molecule has 102 valence electrons. The quantitative estimate of drug-likeness (QED) is 0.891. The second-order valence-electron chi connectivity index (χ2n) is 4.43. The van der Waals surface area contributed by atoms with Crippen molar-refractivity contribution in [2.24, 2.45) is 7.05 Å². The number of nitrogens with one attached hydrogen (secondary N) is 1. The van der Waals surface area contributed by atoms with Crippen LogP contribution in [0.15, 0.2) is 18.3 Å². The number of rotatable bonds is 4. The lowest BCUT2D eigenvalue weighted by Gasteiger charge is -2.06. The lowest BCUT2D eigenvalue weighted by molar-refractivity contribution is 0.395. The number of hydrogen-bond acceptors (Lipinski definition) is 3. The molecule has 0 saturated heterocycles. The highest BCUT2D eigenvalue weighted by molar-refractivity contribution is 5.30. The molecule has 1 aromatic heterocycles. The van der Waals surface area contributed by atoms with Gasteiger partial charge in [0.2, 0.25) is 0 Å². The Morgan fingerprint density at radius 1 is 1.26 bits per heavy atom. The van der Waals surface area contributed by atoms with Crippen molar-refractivity contribution >= 4 is 0 Å². The molecule has 2 aromatic rings. The first-order valence-electron chi connectivity index (χ1n) is 5.84. The molecule has 2 rings (SSSR count). The molecule has 4 nitrogen and oxygen atoms in total. The first kappa shape index (κ1) is 13.5. The molecule has 19 heavy (non-hydrogen) atoms. The average Bonchev–Trinajstić information content (AvgIpc) is 2.65. The van der Waals surface area contributed by atoms with Crippen LogP contribution in [0, 0.1) is 18.6 Å². The first-order chi connectivity index (χ1) is 8.97. The van der Waals surface area contributed by atoms with Crippen LogP contribution in [0.1, 0.15) is 16.8 Å². The summed E-state index contributed by atoms with van der Waals surface area (Å²) in [4.78, 5) is 0. The zero-order valence-corrected chi connectivity index (χ0v) is 10.7. The molecule has 0 unspecified atom stereocenters. The highest BCUT2D eigenvalue weighted by Crippen LogP contribution is 2.21. The van der Waals surface area contributed by atoms with E-state index >= 15 is 0 Å². The van der Waals surface area contributed by atoms with Gasteiger partial charge in [-0.05, 0) is 24.6 Å². The molecule has 0 aliphatic carbocycles. The summed E-state index contributed by atoms with van der Waals surface area (Å²) in [6.45, 7) is 2.77. The summed E-state index contributed by atoms with van der Waals surface area (Å²) >= 11 is 0. The third kappa shape index (κ3) is 3.08. The van der Waals surface area contributed by atoms with E-state index in [1.807, 2.05) is 20.2 Å². The number of hydrogen-bond donors (Lipinski definition) is 2. The Hall–Kier alpha value is -1.95. The predicted molar refractivity (Wildman–Crippen MR) is 66.5 cm³/mol. The SMILES string of the molecule is Cc1nn(C)cc1CNCc1cc(F)c(O)c(F)c1. The Morgan fingerprint density at radius 2 is 1.89 bits per heavy atom. The van der Waals surface area contributed by atoms with Crippen molar-refractivity contribution in [1.29, 1.82) is 0 Å². The Morgan fingerprint density at radius 3 is 2.42 bits per heavy atom. The fourth-order valence-corrected chi connectivity index (χ4v) is 1.88. The third-order valence-electron chi connectivity index (χ3n) is 2.84. The number of benzene rings is 1. The maximum absolute atomic E-state index is 13.1. The highest BCUT2D eigenvalue weighted by atomic mass is 19.1. The fraction of sp³-hybridized carbons (Fsp3) is 0.308. The number of aromatic hydroxyl groups is 1. The van der Waals surface area contributed by atoms with E-state index in [1.54, 1.807) is 4.68 Å². The van der Waals surface area contributed by atoms with Crippen LogP contribution in [0.4, 0.5) is 8.78 Å². The molecule has 1 aromatic carbocycles. The number of aromatic nitrogens is 2. The Kier molecular flexibility index (Phi) is 3.80. The van der Waals surface area contributed by atoms with Crippen molar-refractivity contribution in [1.82, 2.24) is 15.1 Å². The van der Waals surface area contributed by atoms with Gasteiger partial charge in [-0.25, -0.2) is 8.78 Å². The Labute approximate surface area is 109 Å². The van der Waals surface area contributed by atoms with Gasteiger partial charge in [0.15, 0.2) is 17.4 Å². The summed E-state index contributed by atoms with van der Waals surface area (Å²) in [5.74, 6) is -2.84. The molecular formula is C13H15F2N3O. The topological polar surface area (TPSA) is 50.1 Å². The molecule has 6 heteroatoms. The van der Waals surface area contributed by atoms with Gasteiger partial charge in [-0.2, -0.15) is 5.10 Å². The van der Waals surface area contributed by atoms with Gasteiger partial charge in [0.05, 0.1) is 5.69 Å². The fourth-order valence-electron chi connectivity index (χ4n) is 1.88. The van der Waals surface area contributed by atoms with Crippen LogP contribution in [-0.2, 0) is 20.1 Å². The molecule has 2 N–H and O–H groups in total. The molecule has 0 spiro atoms. The summed E-state index contributed by atoms with van der Waals surface area (Å²) < 4.78 is 28.0. The summed E-state index contributed by atoms with van der Waals surface area (Å²) in [5, 5.41) is 16.3. The highest BCUT2D eigenvalue weighted by Gasteiger charge is 2.09. The third-order valence-corrected chi connectivity index (χ3v) is 2.84. The molecule has 0 aliphatic rings. The molecule has 0 bridgehead atoms. The standard InChI is InChI=1S/C13H15F2N3O/c1-8-10(7-18(2)17-8)6-16-5-9-3-11(14)13(19)12(15)4-9/h3-4,7,16,19H,5-6H2,1-2H3. The largest absolute Gasteiger partial charge is 0.503 e. The van der Waals surface area contributed by atoms with E-state index in [0.717, 1.165) is 23.4 Å². The predicted octanol–water partition coefficient (Wildman–Crippen LogP) is 2.00. The minimum Gasteiger partial charge on any atom is -0.503 e. The number of phenolic OH excluding ortho intramolecular Hbond substituents is 1. The maximum atomic E-state index is 13.1. The Balaban J connectivity index is 1.98. The van der Waals surface area contributed by atoms with Crippen LogP contribution >= 0.6 is 0 Å². The summed E-state index contributed by atoms with van der Waals surface area (Å²) in [6.07, 6.45) is 1.89. The zero-order valence-electron chi connectivity index (χ0n) is 10.7. The van der Waals surface area contributed by atoms with Gasteiger partial charge in [0, 0.05) is 31.9 Å². The monoisotopic (exact) mass is 267 g/mol. The van der Waals surface area contributed by atoms with Gasteiger partial charge in [-0.3, -0.25) is 4.68 Å². The van der Waals surface area contributed by atoms with E-state index in [1.165, 1.54) is 0 Å². The molecule has 0 amide bonds. The van der Waals surface area contributed by atoms with Gasteiger partial charge in [-0.15, -0.1) is 0 Å². The molecule has 1 heterocycles. The van der Waals surface area contributed by atoms with Crippen LogP contribution in [0.25, 0.3) is 0 Å². The van der Waals surface area contributed by atoms with Crippen LogP contribution in [0.3, 0.4) is 0 Å². The van der Waals surface area contributed by atoms with Gasteiger partial charge in [0.25, 0.3) is 0 Å². The van der Waals surface area contributed by atoms with E-state index in [2.05, 4.69) is 10.4 Å². The van der Waals surface area contributed by atoms with Gasteiger partial charge in [0.1, 0.15) is 0 Å². The first-order valence-corrected chi connectivity index (χ1v) is 5.84. The lowest BCUT2D eigenvalue weighted by Crippen LogP contribution is -2.13. The van der Waals surface area contributed by atoms with Crippen molar-refractivity contribution in [3.63, 3.8) is 0 Å². The second-order valence-corrected chi connectivity index (χ2v) is 4.43. The molecule has 0 atom stereocenters. The van der Waals surface area contributed by atoms with E-state index in [4.69, 9.17) is 5.11 Å². The van der Waals surface area contributed by atoms with Gasteiger partial charge >= 0.3 is 0 Å². The number of aryl methyl sites for hydroxylation is 2. The van der Waals surface area contributed by atoms with Crippen molar-refractivity contribution < 1.29 is 13.9 Å². The van der Waals surface area contributed by atoms with E-state index < -0.39 is 17.4 Å². The van der Waals surface area contributed by atoms with E-state index in [-0.39, 0.29) is 0 Å². The van der Waals surface area contributed by atoms with E-state index in [9.17, 15) is 8.78 Å². The van der Waals surface area contributed by atoms with Crippen LogP contribution < -0.4 is 5.32 Å². The second kappa shape index (κ2) is 5.36. The minimum absolute atomic E-state index is 0.308. The molecule has 0 fully saturated rings. The zero-order chi connectivity index (χ0) is 14.0. The smallest absolute Gasteiger partial charge is 0.187 e. The van der Waals surface area contributed by atoms with Crippen molar-refractivity contribution in [2.75, 3.05) is 0 Å². The van der Waals surface area contributed by atoms with Crippen LogP contribution in [0.2, 0.25) is 0 Å². The average molecular weight is 267 g/mol. The number of halogens is 2. The minimum atomic E-state index is -0.950. The normalized spacial score (nSPS) is 10.9. The van der Waals surface area contributed by atoms with Crippen LogP contribution in [-0.4, -0.2) is 14.9 Å². The molecule has 0 radical (unpaired) electrons. The van der Waals surface area contributed by atoms with Crippen molar-refractivity contribution in [3.8, 4) is 5.75 Å². The lowest BCUT2D eigenvalue weighted by atomic mass is 10.2. The van der Waals surface area contributed by atoms with Crippen molar-refractivity contribution in [3.05, 3.63) is 46.8 Å². The summed E-state index contributed by atoms with van der Waals surface area (Å²) in [5.41, 5.74) is 2.38. The molecular weight excluding hydrogens is 252 g/mol. The number of nitrogens with zero attached hydrogens (tertiary/aromatic N) is 2. The molecule has 0 saturated carbocycles. The summed E-state index contributed by atoms with van der Waals surface area (Å²) in [7, 11) is 1.83. The van der Waals surface area contributed by atoms with Gasteiger partial charge in [-0.1, -0.05) is 0 Å².